The first-order chi connectivity index (χ1) is 12.6. The van der Waals surface area contributed by atoms with Crippen LogP contribution in [0.5, 0.6) is 0 Å². The molecule has 0 radical (unpaired) electrons. The van der Waals surface area contributed by atoms with Gasteiger partial charge in [-0.2, -0.15) is 0 Å². The summed E-state index contributed by atoms with van der Waals surface area (Å²) >= 11 is 5.13. The van der Waals surface area contributed by atoms with Gasteiger partial charge in [-0.3, -0.25) is 4.79 Å². The van der Waals surface area contributed by atoms with Gasteiger partial charge in [-0.1, -0.05) is 84.0 Å². The highest BCUT2D eigenvalue weighted by atomic mass is 127. The van der Waals surface area contributed by atoms with Crippen molar-refractivity contribution in [3.8, 4) is 0 Å². The first-order valence-corrected chi connectivity index (χ1v) is 13.0. The molecule has 0 atom stereocenters. The van der Waals surface area contributed by atoms with E-state index in [4.69, 9.17) is 5.11 Å². The van der Waals surface area contributed by atoms with E-state index < -0.39 is 5.97 Å². The number of hydrogen-bond acceptors (Lipinski definition) is 1. The van der Waals surface area contributed by atoms with Gasteiger partial charge in [-0.25, -0.2) is 0 Å². The predicted molar refractivity (Wildman–Crippen MR) is 131 cm³/mol. The molecular weight excluding hydrogens is 550 g/mol. The van der Waals surface area contributed by atoms with E-state index >= 15 is 0 Å². The Morgan fingerprint density at radius 2 is 0.885 bits per heavy atom. The molecule has 0 aliphatic carbocycles. The second kappa shape index (κ2) is 20.4. The van der Waals surface area contributed by atoms with Crippen LogP contribution in [-0.2, 0) is 4.79 Å². The number of unbranched alkanes of at least 4 members (excludes halogenated alkanes) is 13. The van der Waals surface area contributed by atoms with Crippen LogP contribution >= 0.6 is 45.2 Å². The first-order valence-electron chi connectivity index (χ1n) is 10.8. The number of carbonyl (C=O) groups is 1. The molecule has 26 heavy (non-hydrogen) atoms. The first kappa shape index (κ1) is 26.7. The Bertz CT molecular complexity index is 367. The molecule has 0 spiro atoms. The third-order valence-corrected chi connectivity index (χ3v) is 8.24. The van der Waals surface area contributed by atoms with Gasteiger partial charge in [0.25, 0.3) is 0 Å². The average Bonchev–Trinajstić information content (AvgIpc) is 2.61. The van der Waals surface area contributed by atoms with Gasteiger partial charge in [0.1, 0.15) is 0 Å². The van der Waals surface area contributed by atoms with Crippen LogP contribution < -0.4 is 0 Å². The largest absolute Gasteiger partial charge is 0.481 e. The van der Waals surface area contributed by atoms with Crippen LogP contribution in [0.4, 0.5) is 0 Å². The van der Waals surface area contributed by atoms with Crippen molar-refractivity contribution < 1.29 is 9.90 Å². The van der Waals surface area contributed by atoms with Crippen molar-refractivity contribution in [2.45, 2.75) is 122 Å². The summed E-state index contributed by atoms with van der Waals surface area (Å²) in [5.41, 5.74) is 0. The highest BCUT2D eigenvalue weighted by Gasteiger charge is 2.02. The van der Waals surface area contributed by atoms with Gasteiger partial charge in [0.05, 0.1) is 0 Å². The fourth-order valence-corrected chi connectivity index (χ4v) is 4.43. The molecule has 0 aliphatic rings. The molecule has 0 saturated heterocycles. The van der Waals surface area contributed by atoms with Crippen molar-refractivity contribution in [3.63, 3.8) is 0 Å². The summed E-state index contributed by atoms with van der Waals surface area (Å²) < 4.78 is 3.19. The van der Waals surface area contributed by atoms with Crippen LogP contribution in [0.3, 0.4) is 0 Å². The number of carboxylic acids is 1. The lowest BCUT2D eigenvalue weighted by atomic mass is 10.1. The molecule has 0 rings (SSSR count). The molecule has 0 aromatic heterocycles. The Morgan fingerprint density at radius 3 is 1.23 bits per heavy atom. The number of rotatable bonds is 19. The maximum absolute atomic E-state index is 10.4. The van der Waals surface area contributed by atoms with Crippen molar-refractivity contribution in [2.75, 3.05) is 0 Å². The molecule has 0 fully saturated rings. The zero-order chi connectivity index (χ0) is 19.5. The van der Waals surface area contributed by atoms with Crippen LogP contribution in [0.2, 0.25) is 0 Å². The Kier molecular flexibility index (Phi) is 20.9. The molecule has 0 aromatic rings. The minimum absolute atomic E-state index is 0.337. The van der Waals surface area contributed by atoms with E-state index in [0.717, 1.165) is 12.8 Å². The molecule has 4 heteroatoms. The Balaban J connectivity index is 3.43. The summed E-state index contributed by atoms with van der Waals surface area (Å²) in [5, 5.41) is 8.59. The Labute approximate surface area is 189 Å². The Hall–Kier alpha value is 0.670. The SMILES string of the molecule is CCCCCCCCC(I)=C(I)CCCCCCCCCCCC(=O)O. The quantitative estimate of drug-likeness (QED) is 0.120. The van der Waals surface area contributed by atoms with Gasteiger partial charge in [0, 0.05) is 6.42 Å². The van der Waals surface area contributed by atoms with Crippen LogP contribution in [-0.4, -0.2) is 11.1 Å². The lowest BCUT2D eigenvalue weighted by Crippen LogP contribution is -1.93. The van der Waals surface area contributed by atoms with E-state index in [1.54, 1.807) is 7.16 Å². The second-order valence-corrected chi connectivity index (χ2v) is 10.0. The van der Waals surface area contributed by atoms with E-state index in [1.807, 2.05) is 0 Å². The van der Waals surface area contributed by atoms with Crippen molar-refractivity contribution in [1.82, 2.24) is 0 Å². The van der Waals surface area contributed by atoms with Gasteiger partial charge in [0.2, 0.25) is 0 Å². The highest BCUT2D eigenvalue weighted by molar-refractivity contribution is 14.1. The molecule has 0 amide bonds. The predicted octanol–water partition coefficient (Wildman–Crippen LogP) is 9.19. The van der Waals surface area contributed by atoms with E-state index in [1.165, 1.54) is 96.3 Å². The van der Waals surface area contributed by atoms with Gasteiger partial charge < -0.3 is 5.11 Å². The zero-order valence-electron chi connectivity index (χ0n) is 16.8. The van der Waals surface area contributed by atoms with E-state index in [-0.39, 0.29) is 0 Å². The molecule has 0 aliphatic heterocycles. The van der Waals surface area contributed by atoms with Crippen LogP contribution in [0.25, 0.3) is 0 Å². The van der Waals surface area contributed by atoms with E-state index in [2.05, 4.69) is 52.1 Å². The molecule has 0 heterocycles. The monoisotopic (exact) mass is 590 g/mol. The smallest absolute Gasteiger partial charge is 0.303 e. The molecule has 154 valence electrons. The molecule has 2 nitrogen and oxygen atoms in total. The third-order valence-electron chi connectivity index (χ3n) is 4.83. The number of allylic oxidation sites excluding steroid dienone is 2. The summed E-state index contributed by atoms with van der Waals surface area (Å²) in [6.07, 6.45) is 22.3. The molecular formula is C22H40I2O2. The molecule has 1 N–H and O–H groups in total. The molecule has 0 unspecified atom stereocenters. The summed E-state index contributed by atoms with van der Waals surface area (Å²) in [7, 11) is 0. The van der Waals surface area contributed by atoms with E-state index in [9.17, 15) is 4.79 Å². The van der Waals surface area contributed by atoms with Crippen molar-refractivity contribution in [1.29, 1.82) is 0 Å². The number of aliphatic carboxylic acids is 1. The zero-order valence-corrected chi connectivity index (χ0v) is 21.2. The molecule has 0 saturated carbocycles. The van der Waals surface area contributed by atoms with Crippen molar-refractivity contribution in [2.24, 2.45) is 0 Å². The maximum Gasteiger partial charge on any atom is 0.303 e. The van der Waals surface area contributed by atoms with Crippen molar-refractivity contribution in [3.05, 3.63) is 7.16 Å². The fraction of sp³-hybridized carbons (Fsp3) is 0.864. The summed E-state index contributed by atoms with van der Waals surface area (Å²) in [6, 6.07) is 0. The number of hydrogen-bond donors (Lipinski definition) is 1. The van der Waals surface area contributed by atoms with Gasteiger partial charge >= 0.3 is 5.97 Å². The fourth-order valence-electron chi connectivity index (χ4n) is 3.13. The van der Waals surface area contributed by atoms with Crippen LogP contribution in [0.15, 0.2) is 7.16 Å². The molecule has 0 bridgehead atoms. The van der Waals surface area contributed by atoms with Crippen molar-refractivity contribution >= 4 is 51.2 Å². The van der Waals surface area contributed by atoms with Crippen LogP contribution in [0.1, 0.15) is 122 Å². The minimum Gasteiger partial charge on any atom is -0.481 e. The lowest BCUT2D eigenvalue weighted by molar-refractivity contribution is -0.137. The normalized spacial score (nSPS) is 12.3. The topological polar surface area (TPSA) is 37.3 Å². The number of halogens is 2. The maximum atomic E-state index is 10.4. The average molecular weight is 590 g/mol. The third kappa shape index (κ3) is 19.4. The summed E-state index contributed by atoms with van der Waals surface area (Å²) in [4.78, 5) is 10.4. The Morgan fingerprint density at radius 1 is 0.577 bits per heavy atom. The minimum atomic E-state index is -0.657. The standard InChI is InChI=1S/C22H40I2O2/c1-2-3-4-5-11-14-17-20(23)21(24)18-15-12-9-7-6-8-10-13-16-19-22(25)26/h2-19H2,1H3,(H,25,26). The van der Waals surface area contributed by atoms with E-state index in [0.29, 0.717) is 6.42 Å². The van der Waals surface area contributed by atoms with Gasteiger partial charge in [-0.05, 0) is 84.4 Å². The molecule has 0 aromatic carbocycles. The lowest BCUT2D eigenvalue weighted by Gasteiger charge is -2.06. The second-order valence-electron chi connectivity index (χ2n) is 7.40. The summed E-state index contributed by atoms with van der Waals surface area (Å²) in [5.74, 6) is -0.657. The highest BCUT2D eigenvalue weighted by Crippen LogP contribution is 2.29. The van der Waals surface area contributed by atoms with Gasteiger partial charge in [-0.15, -0.1) is 0 Å². The van der Waals surface area contributed by atoms with Crippen LogP contribution in [0, 0.1) is 0 Å². The van der Waals surface area contributed by atoms with Gasteiger partial charge in [0.15, 0.2) is 0 Å². The summed E-state index contributed by atoms with van der Waals surface area (Å²) in [6.45, 7) is 2.28. The number of carboxylic acid groups (broad SMARTS) is 1.